The molecule has 122 valence electrons. The Kier molecular flexibility index (Phi) is 6.68. The molecular weight excluding hydrogens is 319 g/mol. The Morgan fingerprint density at radius 3 is 2.57 bits per heavy atom. The molecule has 0 aliphatic heterocycles. The summed E-state index contributed by atoms with van der Waals surface area (Å²) in [6.07, 6.45) is 1.82. The van der Waals surface area contributed by atoms with E-state index in [4.69, 9.17) is 4.42 Å². The summed E-state index contributed by atoms with van der Waals surface area (Å²) in [6, 6.07) is 9.59. The third kappa shape index (κ3) is 6.56. The van der Waals surface area contributed by atoms with Crippen LogP contribution < -0.4 is 10.6 Å². The van der Waals surface area contributed by atoms with Crippen LogP contribution in [0.25, 0.3) is 0 Å². The van der Waals surface area contributed by atoms with E-state index in [0.717, 1.165) is 4.90 Å². The van der Waals surface area contributed by atoms with E-state index in [1.165, 1.54) is 30.2 Å². The number of thioether (sulfide) groups is 1. The van der Waals surface area contributed by atoms with Gasteiger partial charge in [-0.2, -0.15) is 0 Å². The topological polar surface area (TPSA) is 71.3 Å². The summed E-state index contributed by atoms with van der Waals surface area (Å²) in [5.74, 6) is 0.451. The van der Waals surface area contributed by atoms with Gasteiger partial charge in [0.1, 0.15) is 11.6 Å². The van der Waals surface area contributed by atoms with E-state index in [2.05, 4.69) is 10.6 Å². The molecule has 0 saturated heterocycles. The molecule has 0 atom stereocenters. The summed E-state index contributed by atoms with van der Waals surface area (Å²) in [5.41, 5.74) is 0. The molecule has 0 spiro atoms. The highest BCUT2D eigenvalue weighted by Gasteiger charge is 2.06. The van der Waals surface area contributed by atoms with Crippen LogP contribution in [-0.2, 0) is 16.1 Å². The first-order valence-corrected chi connectivity index (χ1v) is 8.06. The molecule has 1 heterocycles. The van der Waals surface area contributed by atoms with Crippen LogP contribution in [0.15, 0.2) is 52.0 Å². The van der Waals surface area contributed by atoms with Crippen LogP contribution in [0.5, 0.6) is 0 Å². The standard InChI is InChI=1S/C16H17FN2O3S/c17-12-3-5-14(6-4-12)23-9-7-15(20)19-11-16(21)18-10-13-2-1-8-22-13/h1-6,8H,7,9-11H2,(H,18,21)(H,19,20). The molecule has 0 aliphatic rings. The van der Waals surface area contributed by atoms with Crippen molar-refractivity contribution in [3.63, 3.8) is 0 Å². The number of nitrogens with one attached hydrogen (secondary N) is 2. The van der Waals surface area contributed by atoms with Crippen molar-refractivity contribution >= 4 is 23.6 Å². The van der Waals surface area contributed by atoms with Gasteiger partial charge in [-0.25, -0.2) is 4.39 Å². The Hall–Kier alpha value is -2.28. The number of amides is 2. The second-order valence-electron chi connectivity index (χ2n) is 4.69. The maximum absolute atomic E-state index is 12.7. The van der Waals surface area contributed by atoms with Gasteiger partial charge in [-0.15, -0.1) is 11.8 Å². The molecule has 1 aromatic carbocycles. The molecule has 0 aliphatic carbocycles. The molecule has 1 aromatic heterocycles. The normalized spacial score (nSPS) is 10.3. The summed E-state index contributed by atoms with van der Waals surface area (Å²) >= 11 is 1.46. The van der Waals surface area contributed by atoms with E-state index in [1.807, 2.05) is 0 Å². The lowest BCUT2D eigenvalue weighted by atomic mass is 10.4. The molecule has 0 fully saturated rings. The molecule has 0 saturated carbocycles. The largest absolute Gasteiger partial charge is 0.467 e. The second-order valence-corrected chi connectivity index (χ2v) is 5.85. The average molecular weight is 336 g/mol. The fourth-order valence-electron chi connectivity index (χ4n) is 1.72. The van der Waals surface area contributed by atoms with Gasteiger partial charge < -0.3 is 15.1 Å². The zero-order chi connectivity index (χ0) is 16.5. The van der Waals surface area contributed by atoms with Crippen molar-refractivity contribution in [2.75, 3.05) is 12.3 Å². The molecule has 7 heteroatoms. The molecule has 0 unspecified atom stereocenters. The van der Waals surface area contributed by atoms with Gasteiger partial charge in [-0.1, -0.05) is 0 Å². The van der Waals surface area contributed by atoms with Gasteiger partial charge in [0.25, 0.3) is 0 Å². The van der Waals surface area contributed by atoms with Gasteiger partial charge in [-0.05, 0) is 36.4 Å². The van der Waals surface area contributed by atoms with Gasteiger partial charge in [-0.3, -0.25) is 9.59 Å². The Labute approximate surface area is 137 Å². The molecule has 23 heavy (non-hydrogen) atoms. The Bertz CT molecular complexity index is 629. The fourth-order valence-corrected chi connectivity index (χ4v) is 2.57. The Morgan fingerprint density at radius 1 is 1.09 bits per heavy atom. The number of furan rings is 1. The van der Waals surface area contributed by atoms with Crippen molar-refractivity contribution in [1.29, 1.82) is 0 Å². The lowest BCUT2D eigenvalue weighted by Gasteiger charge is -2.06. The highest BCUT2D eigenvalue weighted by molar-refractivity contribution is 7.99. The van der Waals surface area contributed by atoms with Crippen LogP contribution >= 0.6 is 11.8 Å². The lowest BCUT2D eigenvalue weighted by Crippen LogP contribution is -2.36. The first-order valence-electron chi connectivity index (χ1n) is 7.07. The predicted octanol–water partition coefficient (Wildman–Crippen LogP) is 2.33. The predicted molar refractivity (Wildman–Crippen MR) is 85.3 cm³/mol. The average Bonchev–Trinajstić information content (AvgIpc) is 3.06. The smallest absolute Gasteiger partial charge is 0.239 e. The van der Waals surface area contributed by atoms with E-state index in [-0.39, 0.29) is 30.6 Å². The van der Waals surface area contributed by atoms with Gasteiger partial charge in [0.05, 0.1) is 19.4 Å². The molecule has 0 radical (unpaired) electrons. The number of carbonyl (C=O) groups excluding carboxylic acids is 2. The Morgan fingerprint density at radius 2 is 1.87 bits per heavy atom. The summed E-state index contributed by atoms with van der Waals surface area (Å²) in [6.45, 7) is 0.225. The number of benzene rings is 1. The summed E-state index contributed by atoms with van der Waals surface area (Å²) in [5, 5.41) is 5.19. The first kappa shape index (κ1) is 17.1. The lowest BCUT2D eigenvalue weighted by molar-refractivity contribution is -0.126. The van der Waals surface area contributed by atoms with Crippen LogP contribution in [0.3, 0.4) is 0 Å². The van der Waals surface area contributed by atoms with E-state index < -0.39 is 0 Å². The number of hydrogen-bond acceptors (Lipinski definition) is 4. The van der Waals surface area contributed by atoms with Gasteiger partial charge in [0, 0.05) is 17.1 Å². The van der Waals surface area contributed by atoms with Gasteiger partial charge in [0.15, 0.2) is 0 Å². The van der Waals surface area contributed by atoms with Crippen molar-refractivity contribution in [3.8, 4) is 0 Å². The third-order valence-electron chi connectivity index (χ3n) is 2.90. The van der Waals surface area contributed by atoms with Crippen LogP contribution in [-0.4, -0.2) is 24.1 Å². The number of hydrogen-bond donors (Lipinski definition) is 2. The summed E-state index contributed by atoms with van der Waals surface area (Å²) < 4.78 is 17.8. The van der Waals surface area contributed by atoms with Crippen molar-refractivity contribution in [3.05, 3.63) is 54.2 Å². The maximum Gasteiger partial charge on any atom is 0.239 e. The number of rotatable bonds is 8. The second kappa shape index (κ2) is 8.99. The Balaban J connectivity index is 1.57. The van der Waals surface area contributed by atoms with E-state index >= 15 is 0 Å². The minimum atomic E-state index is -0.285. The molecule has 2 N–H and O–H groups in total. The molecule has 2 amide bonds. The number of carbonyl (C=O) groups is 2. The van der Waals surface area contributed by atoms with Crippen molar-refractivity contribution < 1.29 is 18.4 Å². The monoisotopic (exact) mass is 336 g/mol. The first-order chi connectivity index (χ1) is 11.1. The summed E-state index contributed by atoms with van der Waals surface area (Å²) in [7, 11) is 0. The van der Waals surface area contributed by atoms with E-state index in [0.29, 0.717) is 18.1 Å². The highest BCUT2D eigenvalue weighted by atomic mass is 32.2. The van der Waals surface area contributed by atoms with Crippen LogP contribution in [0.2, 0.25) is 0 Å². The molecule has 5 nitrogen and oxygen atoms in total. The SMILES string of the molecule is O=C(CCSc1ccc(F)cc1)NCC(=O)NCc1ccco1. The quantitative estimate of drug-likeness (QED) is 0.726. The zero-order valence-electron chi connectivity index (χ0n) is 12.4. The zero-order valence-corrected chi connectivity index (χ0v) is 13.2. The molecule has 0 bridgehead atoms. The maximum atomic E-state index is 12.7. The van der Waals surface area contributed by atoms with Crippen molar-refractivity contribution in [2.24, 2.45) is 0 Å². The van der Waals surface area contributed by atoms with Crippen molar-refractivity contribution in [1.82, 2.24) is 10.6 Å². The molecule has 2 rings (SSSR count). The van der Waals surface area contributed by atoms with Crippen molar-refractivity contribution in [2.45, 2.75) is 17.9 Å². The molecule has 2 aromatic rings. The third-order valence-corrected chi connectivity index (χ3v) is 3.91. The van der Waals surface area contributed by atoms with Crippen LogP contribution in [0, 0.1) is 5.82 Å². The fraction of sp³-hybridized carbons (Fsp3) is 0.250. The minimum absolute atomic E-state index is 0.0687. The molecular formula is C16H17FN2O3S. The van der Waals surface area contributed by atoms with Gasteiger partial charge in [0.2, 0.25) is 11.8 Å². The van der Waals surface area contributed by atoms with Gasteiger partial charge >= 0.3 is 0 Å². The van der Waals surface area contributed by atoms with Crippen LogP contribution in [0.4, 0.5) is 4.39 Å². The highest BCUT2D eigenvalue weighted by Crippen LogP contribution is 2.18. The van der Waals surface area contributed by atoms with Crippen LogP contribution in [0.1, 0.15) is 12.2 Å². The van der Waals surface area contributed by atoms with E-state index in [9.17, 15) is 14.0 Å². The minimum Gasteiger partial charge on any atom is -0.467 e. The van der Waals surface area contributed by atoms with E-state index in [1.54, 1.807) is 24.3 Å². The number of halogens is 1. The summed E-state index contributed by atoms with van der Waals surface area (Å²) in [4.78, 5) is 24.1.